The van der Waals surface area contributed by atoms with Gasteiger partial charge in [-0.25, -0.2) is 0 Å². The van der Waals surface area contributed by atoms with Gasteiger partial charge in [0.1, 0.15) is 0 Å². The first-order valence-electron chi connectivity index (χ1n) is 13.7. The molecule has 5 heteroatoms. The minimum Gasteiger partial charge on any atom is -1.00 e. The zero-order chi connectivity index (χ0) is 24.4. The fraction of sp³-hybridized carbons (Fsp3) is 0.500. The van der Waals surface area contributed by atoms with Gasteiger partial charge >= 0.3 is 224 Å². The minimum atomic E-state index is -1.76. The van der Waals surface area contributed by atoms with Crippen molar-refractivity contribution >= 4 is 13.3 Å². The summed E-state index contributed by atoms with van der Waals surface area (Å²) < 4.78 is 0.164. The van der Waals surface area contributed by atoms with Crippen molar-refractivity contribution in [2.24, 2.45) is 0 Å². The van der Waals surface area contributed by atoms with Crippen LogP contribution in [0.15, 0.2) is 72.3 Å². The second kappa shape index (κ2) is 18.1. The largest absolute Gasteiger partial charge is 1.00 e. The quantitative estimate of drug-likeness (QED) is 0.206. The van der Waals surface area contributed by atoms with Gasteiger partial charge in [0.2, 0.25) is 0 Å². The average molecular weight is 612 g/mol. The SMILES string of the molecule is CCCCCCc1cc(CCCCCC)cc([Si](C)(C)[C]2([Ti+3])C=CC(Cc3ccccc3)=C2)c1.[Cl-].[Cl-].[Cl-]. The van der Waals surface area contributed by atoms with Crippen LogP contribution in [-0.4, -0.2) is 8.07 Å². The summed E-state index contributed by atoms with van der Waals surface area (Å²) in [6.07, 6.45) is 21.8. The van der Waals surface area contributed by atoms with Crippen LogP contribution >= 0.6 is 0 Å². The van der Waals surface area contributed by atoms with Crippen molar-refractivity contribution in [1.29, 1.82) is 0 Å². The van der Waals surface area contributed by atoms with E-state index in [0.717, 1.165) is 6.42 Å². The molecule has 0 spiro atoms. The average Bonchev–Trinajstić information content (AvgIpc) is 3.22. The van der Waals surface area contributed by atoms with Crippen molar-refractivity contribution in [2.75, 3.05) is 0 Å². The van der Waals surface area contributed by atoms with Gasteiger partial charge in [0.25, 0.3) is 0 Å². The number of hydrogen-bond donors (Lipinski definition) is 0. The molecule has 2 aromatic carbocycles. The summed E-state index contributed by atoms with van der Waals surface area (Å²) in [7, 11) is -1.76. The summed E-state index contributed by atoms with van der Waals surface area (Å²) in [5, 5.41) is 1.65. The van der Waals surface area contributed by atoms with E-state index in [4.69, 9.17) is 0 Å². The molecule has 37 heavy (non-hydrogen) atoms. The van der Waals surface area contributed by atoms with Crippen molar-refractivity contribution in [2.45, 2.75) is 101 Å². The van der Waals surface area contributed by atoms with Crippen LogP contribution in [0.5, 0.6) is 0 Å². The van der Waals surface area contributed by atoms with Crippen molar-refractivity contribution < 1.29 is 57.7 Å². The van der Waals surface area contributed by atoms with Crippen LogP contribution in [0.25, 0.3) is 0 Å². The van der Waals surface area contributed by atoms with E-state index in [9.17, 15) is 0 Å². The van der Waals surface area contributed by atoms with Crippen molar-refractivity contribution in [3.05, 3.63) is 89.0 Å². The molecule has 1 aliphatic carbocycles. The number of benzene rings is 2. The number of unbranched alkanes of at least 4 members (excludes halogenated alkanes) is 6. The van der Waals surface area contributed by atoms with E-state index in [1.54, 1.807) is 16.3 Å². The number of hydrogen-bond acceptors (Lipinski definition) is 0. The Hall–Kier alpha value is -0.279. The summed E-state index contributed by atoms with van der Waals surface area (Å²) in [6.45, 7) is 9.80. The molecule has 0 nitrogen and oxygen atoms in total. The maximum Gasteiger partial charge on any atom is -1.00 e. The predicted molar refractivity (Wildman–Crippen MR) is 149 cm³/mol. The molecule has 202 valence electrons. The number of aryl methyl sites for hydroxylation is 2. The second-order valence-electron chi connectivity index (χ2n) is 10.9. The normalized spacial score (nSPS) is 16.4. The molecule has 0 aliphatic heterocycles. The fourth-order valence-corrected chi connectivity index (χ4v) is 8.83. The van der Waals surface area contributed by atoms with Crippen LogP contribution in [0.3, 0.4) is 0 Å². The first kappa shape index (κ1) is 36.7. The predicted octanol–water partition coefficient (Wildman–Crippen LogP) is -0.157. The van der Waals surface area contributed by atoms with Crippen LogP contribution in [0, 0.1) is 0 Å². The first-order valence-corrected chi connectivity index (χ1v) is 17.5. The van der Waals surface area contributed by atoms with Gasteiger partial charge in [-0.3, -0.25) is 0 Å². The van der Waals surface area contributed by atoms with Gasteiger partial charge in [-0.2, -0.15) is 0 Å². The standard InChI is InChI=1S/C32H45Si.3ClH.Ti/c1-5-7-9-12-18-28-23-29(19-13-10-8-6-2)26-32(25-28)33(3,4)31-21-20-30(24-31)22-27-16-14-11-15-17-27;;;;/h11,14-17,20-21,23-26H,5-10,12-13,18-19,22H2,1-4H3;3*1H;/q;;;;+3/p-3. The summed E-state index contributed by atoms with van der Waals surface area (Å²) in [5.74, 6) is 0. The Bertz CT molecular complexity index is 941. The zero-order valence-electron chi connectivity index (χ0n) is 23.3. The van der Waals surface area contributed by atoms with Gasteiger partial charge in [-0.05, 0) is 0 Å². The van der Waals surface area contributed by atoms with E-state index in [2.05, 4.69) is 114 Å². The molecule has 1 unspecified atom stereocenters. The van der Waals surface area contributed by atoms with Gasteiger partial charge < -0.3 is 37.2 Å². The van der Waals surface area contributed by atoms with Crippen LogP contribution in [-0.2, 0) is 39.7 Å². The van der Waals surface area contributed by atoms with E-state index >= 15 is 0 Å². The molecule has 3 rings (SSSR count). The van der Waals surface area contributed by atoms with Crippen LogP contribution in [0.1, 0.15) is 81.9 Å². The molecule has 0 aromatic heterocycles. The van der Waals surface area contributed by atoms with E-state index in [1.807, 2.05) is 0 Å². The van der Waals surface area contributed by atoms with Crippen LogP contribution < -0.4 is 42.4 Å². The second-order valence-corrected chi connectivity index (χ2v) is 17.6. The molecule has 2 aromatic rings. The van der Waals surface area contributed by atoms with E-state index in [-0.39, 0.29) is 40.6 Å². The molecule has 0 N–H and O–H groups in total. The minimum absolute atomic E-state index is 0. The topological polar surface area (TPSA) is 0 Å². The molecule has 0 saturated carbocycles. The molecule has 0 bridgehead atoms. The van der Waals surface area contributed by atoms with Crippen molar-refractivity contribution in [3.63, 3.8) is 0 Å². The molecule has 0 amide bonds. The first-order chi connectivity index (χ1) is 16.4. The van der Waals surface area contributed by atoms with Gasteiger partial charge in [-0.1, -0.05) is 0 Å². The molecular formula is C32H45Cl3SiTi. The zero-order valence-corrected chi connectivity index (χ0v) is 28.1. The van der Waals surface area contributed by atoms with E-state index in [1.165, 1.54) is 75.3 Å². The number of rotatable bonds is 14. The molecule has 0 saturated heterocycles. The van der Waals surface area contributed by atoms with Crippen LogP contribution in [0.2, 0.25) is 16.4 Å². The van der Waals surface area contributed by atoms with Crippen molar-refractivity contribution in [3.8, 4) is 0 Å². The van der Waals surface area contributed by atoms with Gasteiger partial charge in [0, 0.05) is 0 Å². The van der Waals surface area contributed by atoms with E-state index < -0.39 is 8.07 Å². The van der Waals surface area contributed by atoms with Crippen molar-refractivity contribution in [1.82, 2.24) is 0 Å². The fourth-order valence-electron chi connectivity index (χ4n) is 5.12. The Morgan fingerprint density at radius 2 is 1.24 bits per heavy atom. The summed E-state index contributed by atoms with van der Waals surface area (Å²) >= 11 is 2.49. The Morgan fingerprint density at radius 1 is 0.703 bits per heavy atom. The number of allylic oxidation sites excluding steroid dienone is 4. The Kier molecular flexibility index (Phi) is 18.0. The molecule has 0 fully saturated rings. The Balaban J connectivity index is 0.00000432. The van der Waals surface area contributed by atoms with Gasteiger partial charge in [0.05, 0.1) is 0 Å². The third-order valence-electron chi connectivity index (χ3n) is 7.67. The summed E-state index contributed by atoms with van der Waals surface area (Å²) in [4.78, 5) is 0. The Morgan fingerprint density at radius 3 is 1.76 bits per heavy atom. The van der Waals surface area contributed by atoms with Crippen LogP contribution in [0.4, 0.5) is 0 Å². The third kappa shape index (κ3) is 10.7. The molecule has 1 atom stereocenters. The summed E-state index contributed by atoms with van der Waals surface area (Å²) in [5.41, 5.74) is 6.05. The van der Waals surface area contributed by atoms with E-state index in [0.29, 0.717) is 0 Å². The monoisotopic (exact) mass is 610 g/mol. The molecule has 0 radical (unpaired) electrons. The molecular weight excluding hydrogens is 567 g/mol. The van der Waals surface area contributed by atoms with Gasteiger partial charge in [-0.15, -0.1) is 0 Å². The van der Waals surface area contributed by atoms with Gasteiger partial charge in [0.15, 0.2) is 0 Å². The number of halogens is 3. The molecule has 1 aliphatic rings. The molecule has 0 heterocycles. The third-order valence-corrected chi connectivity index (χ3v) is 15.2. The maximum atomic E-state index is 2.60. The summed E-state index contributed by atoms with van der Waals surface area (Å²) in [6, 6.07) is 18.6. The maximum absolute atomic E-state index is 2.60. The Labute approximate surface area is 259 Å². The smallest absolute Gasteiger partial charge is 1.00 e.